The maximum absolute atomic E-state index is 12.5. The van der Waals surface area contributed by atoms with Crippen LogP contribution in [0.3, 0.4) is 0 Å². The summed E-state index contributed by atoms with van der Waals surface area (Å²) in [6.07, 6.45) is 1.01. The van der Waals surface area contributed by atoms with Crippen molar-refractivity contribution in [3.8, 4) is 5.69 Å². The number of amides is 1. The maximum Gasteiger partial charge on any atom is 0.339 e. The normalized spacial score (nSPS) is 15.9. The van der Waals surface area contributed by atoms with Crippen LogP contribution in [0.1, 0.15) is 21.5 Å². The lowest BCUT2D eigenvalue weighted by atomic mass is 9.98. The monoisotopic (exact) mass is 349 g/mol. The topological polar surface area (TPSA) is 99.0 Å². The van der Waals surface area contributed by atoms with E-state index >= 15 is 0 Å². The Morgan fingerprint density at radius 3 is 2.88 bits per heavy atom. The first kappa shape index (κ1) is 15.9. The number of tetrazole rings is 1. The number of nitrogens with zero attached hydrogens (tertiary/aromatic N) is 4. The van der Waals surface area contributed by atoms with Gasteiger partial charge in [-0.2, -0.15) is 0 Å². The van der Waals surface area contributed by atoms with Crippen LogP contribution in [-0.2, 0) is 16.0 Å². The van der Waals surface area contributed by atoms with Gasteiger partial charge in [0.25, 0.3) is 5.91 Å². The molecule has 0 fully saturated rings. The number of carbonyl (C=O) groups is 2. The van der Waals surface area contributed by atoms with Crippen LogP contribution in [0.5, 0.6) is 0 Å². The molecular weight excluding hydrogens is 334 g/mol. The number of benzene rings is 2. The standard InChI is InChI=1S/C18H15N5O3/c1-11-8-13(6-7-15(11)23-10-19-21-22-23)20-17(24)16-9-12-4-2-3-5-14(12)18(25)26-16/h2-8,10,16H,9H2,1H3,(H,20,24). The summed E-state index contributed by atoms with van der Waals surface area (Å²) in [6, 6.07) is 12.5. The molecule has 1 unspecified atom stereocenters. The summed E-state index contributed by atoms with van der Waals surface area (Å²) in [4.78, 5) is 24.6. The summed E-state index contributed by atoms with van der Waals surface area (Å²) in [6.45, 7) is 1.89. The number of cyclic esters (lactones) is 1. The molecule has 26 heavy (non-hydrogen) atoms. The van der Waals surface area contributed by atoms with Crippen molar-refractivity contribution in [2.75, 3.05) is 5.32 Å². The molecule has 0 radical (unpaired) electrons. The Morgan fingerprint density at radius 2 is 2.12 bits per heavy atom. The van der Waals surface area contributed by atoms with Gasteiger partial charge in [-0.05, 0) is 52.7 Å². The van der Waals surface area contributed by atoms with Crippen LogP contribution in [0.4, 0.5) is 5.69 Å². The molecule has 130 valence electrons. The second-order valence-electron chi connectivity index (χ2n) is 6.00. The first-order chi connectivity index (χ1) is 12.6. The van der Waals surface area contributed by atoms with Crippen molar-refractivity contribution in [1.82, 2.24) is 20.2 Å². The maximum atomic E-state index is 12.5. The molecule has 1 aliphatic heterocycles. The number of rotatable bonds is 3. The third-order valence-electron chi connectivity index (χ3n) is 4.24. The van der Waals surface area contributed by atoms with Gasteiger partial charge in [0.1, 0.15) is 6.33 Å². The molecule has 2 aromatic carbocycles. The number of carbonyl (C=O) groups excluding carboxylic acids is 2. The zero-order valence-electron chi connectivity index (χ0n) is 13.9. The van der Waals surface area contributed by atoms with Crippen LogP contribution < -0.4 is 5.32 Å². The highest BCUT2D eigenvalue weighted by atomic mass is 16.5. The summed E-state index contributed by atoms with van der Waals surface area (Å²) >= 11 is 0. The van der Waals surface area contributed by atoms with Gasteiger partial charge in [0.15, 0.2) is 6.10 Å². The molecular formula is C18H15N5O3. The number of hydrogen-bond acceptors (Lipinski definition) is 6. The smallest absolute Gasteiger partial charge is 0.339 e. The van der Waals surface area contributed by atoms with Crippen molar-refractivity contribution >= 4 is 17.6 Å². The molecule has 1 atom stereocenters. The highest BCUT2D eigenvalue weighted by molar-refractivity contribution is 6.00. The van der Waals surface area contributed by atoms with E-state index in [4.69, 9.17) is 4.74 Å². The number of anilines is 1. The van der Waals surface area contributed by atoms with E-state index in [0.29, 0.717) is 17.7 Å². The Bertz CT molecular complexity index is 984. The third-order valence-corrected chi connectivity index (χ3v) is 4.24. The first-order valence-corrected chi connectivity index (χ1v) is 8.05. The lowest BCUT2D eigenvalue weighted by Crippen LogP contribution is -2.37. The Labute approximate surface area is 148 Å². The average Bonchev–Trinajstić information content (AvgIpc) is 3.16. The van der Waals surface area contributed by atoms with Gasteiger partial charge in [-0.15, -0.1) is 5.10 Å². The Kier molecular flexibility index (Phi) is 3.92. The predicted molar refractivity (Wildman–Crippen MR) is 91.9 cm³/mol. The van der Waals surface area contributed by atoms with E-state index in [2.05, 4.69) is 20.8 Å². The third kappa shape index (κ3) is 2.92. The Balaban J connectivity index is 1.50. The molecule has 3 aromatic rings. The number of hydrogen-bond donors (Lipinski definition) is 1. The minimum Gasteiger partial charge on any atom is -0.448 e. The summed E-state index contributed by atoms with van der Waals surface area (Å²) in [7, 11) is 0. The van der Waals surface area contributed by atoms with Gasteiger partial charge in [0.05, 0.1) is 11.3 Å². The van der Waals surface area contributed by atoms with Crippen LogP contribution in [0, 0.1) is 6.92 Å². The van der Waals surface area contributed by atoms with E-state index in [-0.39, 0.29) is 5.91 Å². The van der Waals surface area contributed by atoms with E-state index in [0.717, 1.165) is 16.8 Å². The molecule has 1 amide bonds. The fourth-order valence-corrected chi connectivity index (χ4v) is 2.96. The van der Waals surface area contributed by atoms with Gasteiger partial charge in [0.2, 0.25) is 0 Å². The van der Waals surface area contributed by atoms with Crippen molar-refractivity contribution in [3.63, 3.8) is 0 Å². The van der Waals surface area contributed by atoms with Crippen molar-refractivity contribution < 1.29 is 14.3 Å². The van der Waals surface area contributed by atoms with Crippen LogP contribution in [0.25, 0.3) is 5.69 Å². The minimum absolute atomic E-state index is 0.357. The summed E-state index contributed by atoms with van der Waals surface area (Å²) in [5, 5.41) is 13.9. The van der Waals surface area contributed by atoms with Crippen molar-refractivity contribution in [2.45, 2.75) is 19.4 Å². The lowest BCUT2D eigenvalue weighted by Gasteiger charge is -2.23. The second-order valence-corrected chi connectivity index (χ2v) is 6.00. The van der Waals surface area contributed by atoms with Crippen LogP contribution in [0.15, 0.2) is 48.8 Å². The summed E-state index contributed by atoms with van der Waals surface area (Å²) in [5.74, 6) is -0.834. The number of nitrogens with one attached hydrogen (secondary N) is 1. The zero-order chi connectivity index (χ0) is 18.1. The van der Waals surface area contributed by atoms with E-state index in [1.54, 1.807) is 22.9 Å². The van der Waals surface area contributed by atoms with Gasteiger partial charge in [0, 0.05) is 12.1 Å². The Hall–Kier alpha value is -3.55. The second kappa shape index (κ2) is 6.40. The van der Waals surface area contributed by atoms with E-state index in [1.165, 1.54) is 6.33 Å². The highest BCUT2D eigenvalue weighted by Gasteiger charge is 2.31. The number of aromatic nitrogens is 4. The van der Waals surface area contributed by atoms with E-state index in [9.17, 15) is 9.59 Å². The van der Waals surface area contributed by atoms with Gasteiger partial charge in [-0.3, -0.25) is 4.79 Å². The zero-order valence-corrected chi connectivity index (χ0v) is 13.9. The number of fused-ring (bicyclic) bond motifs is 1. The lowest BCUT2D eigenvalue weighted by molar-refractivity contribution is -0.125. The molecule has 8 heteroatoms. The number of esters is 1. The fraction of sp³-hybridized carbons (Fsp3) is 0.167. The van der Waals surface area contributed by atoms with Gasteiger partial charge < -0.3 is 10.1 Å². The average molecular weight is 349 g/mol. The molecule has 1 N–H and O–H groups in total. The van der Waals surface area contributed by atoms with Crippen molar-refractivity contribution in [2.24, 2.45) is 0 Å². The largest absolute Gasteiger partial charge is 0.448 e. The number of aryl methyl sites for hydroxylation is 1. The SMILES string of the molecule is Cc1cc(NC(=O)C2Cc3ccccc3C(=O)O2)ccc1-n1cnnn1. The molecule has 1 aromatic heterocycles. The molecule has 0 saturated heterocycles. The number of ether oxygens (including phenoxy) is 1. The quantitative estimate of drug-likeness (QED) is 0.723. The fourth-order valence-electron chi connectivity index (χ4n) is 2.96. The Morgan fingerprint density at radius 1 is 1.27 bits per heavy atom. The van der Waals surface area contributed by atoms with E-state index in [1.807, 2.05) is 31.2 Å². The van der Waals surface area contributed by atoms with Crippen LogP contribution in [-0.4, -0.2) is 38.2 Å². The van der Waals surface area contributed by atoms with Crippen LogP contribution in [0.2, 0.25) is 0 Å². The highest BCUT2D eigenvalue weighted by Crippen LogP contribution is 2.22. The van der Waals surface area contributed by atoms with Gasteiger partial charge >= 0.3 is 5.97 Å². The molecule has 0 spiro atoms. The predicted octanol–water partition coefficient (Wildman–Crippen LogP) is 1.69. The van der Waals surface area contributed by atoms with E-state index < -0.39 is 12.1 Å². The molecule has 2 heterocycles. The molecule has 0 saturated carbocycles. The molecule has 0 aliphatic carbocycles. The van der Waals surface area contributed by atoms with Crippen LogP contribution >= 0.6 is 0 Å². The minimum atomic E-state index is -0.850. The molecule has 0 bridgehead atoms. The van der Waals surface area contributed by atoms with Crippen molar-refractivity contribution in [1.29, 1.82) is 0 Å². The summed E-state index contributed by atoms with van der Waals surface area (Å²) < 4.78 is 6.82. The first-order valence-electron chi connectivity index (χ1n) is 8.05. The van der Waals surface area contributed by atoms with Crippen molar-refractivity contribution in [3.05, 3.63) is 65.5 Å². The summed E-state index contributed by atoms with van der Waals surface area (Å²) in [5.41, 5.74) is 3.64. The molecule has 8 nitrogen and oxygen atoms in total. The molecule has 1 aliphatic rings. The van der Waals surface area contributed by atoms with Gasteiger partial charge in [-0.1, -0.05) is 18.2 Å². The molecule has 4 rings (SSSR count). The van der Waals surface area contributed by atoms with Gasteiger partial charge in [-0.25, -0.2) is 9.48 Å².